The van der Waals surface area contributed by atoms with Gasteiger partial charge in [0.15, 0.2) is 0 Å². The summed E-state index contributed by atoms with van der Waals surface area (Å²) >= 11 is 0. The maximum absolute atomic E-state index is 13.8. The number of carbonyl (C=O) groups excluding carboxylic acids is 1. The zero-order valence-electron chi connectivity index (χ0n) is 15.9. The number of para-hydroxylation sites is 1. The second kappa shape index (κ2) is 8.91. The molecular formula is C21H18F2N2O4S. The molecule has 0 aliphatic heterocycles. The summed E-state index contributed by atoms with van der Waals surface area (Å²) in [6.45, 7) is -0.645. The zero-order chi connectivity index (χ0) is 21.7. The number of halogens is 2. The molecule has 0 aliphatic carbocycles. The van der Waals surface area contributed by atoms with Crippen molar-refractivity contribution in [2.75, 3.05) is 23.3 Å². The number of carbonyl (C=O) groups is 1. The fourth-order valence-electron chi connectivity index (χ4n) is 2.68. The largest absolute Gasteiger partial charge is 0.497 e. The topological polar surface area (TPSA) is 75.7 Å². The van der Waals surface area contributed by atoms with Crippen LogP contribution in [0.5, 0.6) is 5.75 Å². The molecule has 1 amide bonds. The second-order valence-electron chi connectivity index (χ2n) is 6.19. The Labute approximate surface area is 172 Å². The number of hydrogen-bond acceptors (Lipinski definition) is 4. The Kier molecular flexibility index (Phi) is 6.31. The van der Waals surface area contributed by atoms with Crippen LogP contribution in [0.15, 0.2) is 77.7 Å². The number of hydrogen-bond donors (Lipinski definition) is 1. The minimum atomic E-state index is -4.19. The van der Waals surface area contributed by atoms with Gasteiger partial charge < -0.3 is 10.1 Å². The van der Waals surface area contributed by atoms with E-state index in [4.69, 9.17) is 4.74 Å². The summed E-state index contributed by atoms with van der Waals surface area (Å²) in [7, 11) is -2.74. The van der Waals surface area contributed by atoms with Crippen LogP contribution in [0.4, 0.5) is 20.2 Å². The fourth-order valence-corrected chi connectivity index (χ4v) is 4.10. The highest BCUT2D eigenvalue weighted by Gasteiger charge is 2.27. The summed E-state index contributed by atoms with van der Waals surface area (Å²) < 4.78 is 59.4. The predicted octanol–water partition coefficient (Wildman–Crippen LogP) is 3.81. The molecule has 3 aromatic rings. The average Bonchev–Trinajstić information content (AvgIpc) is 2.74. The Morgan fingerprint density at radius 3 is 2.20 bits per heavy atom. The summed E-state index contributed by atoms with van der Waals surface area (Å²) in [4.78, 5) is 12.4. The van der Waals surface area contributed by atoms with Crippen molar-refractivity contribution in [3.8, 4) is 5.75 Å². The number of amides is 1. The normalized spacial score (nSPS) is 11.0. The first kappa shape index (κ1) is 21.3. The average molecular weight is 432 g/mol. The van der Waals surface area contributed by atoms with E-state index < -0.39 is 34.1 Å². The van der Waals surface area contributed by atoms with E-state index in [1.165, 1.54) is 67.8 Å². The first-order valence-corrected chi connectivity index (χ1v) is 10.2. The summed E-state index contributed by atoms with van der Waals surface area (Å²) in [5.74, 6) is -1.52. The number of methoxy groups -OCH3 is 1. The third kappa shape index (κ3) is 4.74. The number of anilines is 2. The highest BCUT2D eigenvalue weighted by atomic mass is 32.2. The summed E-state index contributed by atoms with van der Waals surface area (Å²) in [5.41, 5.74) is -0.000645. The molecule has 0 saturated heterocycles. The van der Waals surface area contributed by atoms with Gasteiger partial charge in [0.25, 0.3) is 10.0 Å². The molecule has 0 spiro atoms. The molecule has 156 valence electrons. The number of nitrogens with one attached hydrogen (secondary N) is 1. The molecule has 0 saturated carbocycles. The molecule has 0 fully saturated rings. The molecule has 0 aromatic heterocycles. The van der Waals surface area contributed by atoms with Crippen molar-refractivity contribution in [2.24, 2.45) is 0 Å². The lowest BCUT2D eigenvalue weighted by Gasteiger charge is -2.24. The molecule has 0 atom stereocenters. The van der Waals surface area contributed by atoms with Gasteiger partial charge in [-0.2, -0.15) is 0 Å². The van der Waals surface area contributed by atoms with Crippen LogP contribution in [0.3, 0.4) is 0 Å². The van der Waals surface area contributed by atoms with Gasteiger partial charge >= 0.3 is 0 Å². The van der Waals surface area contributed by atoms with Crippen LogP contribution in [0.2, 0.25) is 0 Å². The number of ether oxygens (including phenoxy) is 1. The third-order valence-corrected chi connectivity index (χ3v) is 5.99. The molecule has 0 radical (unpaired) electrons. The third-order valence-electron chi connectivity index (χ3n) is 4.20. The van der Waals surface area contributed by atoms with Gasteiger partial charge in [-0.25, -0.2) is 17.2 Å². The van der Waals surface area contributed by atoms with E-state index in [1.54, 1.807) is 0 Å². The van der Waals surface area contributed by atoms with Crippen molar-refractivity contribution in [1.82, 2.24) is 0 Å². The first-order valence-electron chi connectivity index (χ1n) is 8.78. The lowest BCUT2D eigenvalue weighted by Crippen LogP contribution is -2.38. The van der Waals surface area contributed by atoms with Gasteiger partial charge in [-0.05, 0) is 60.7 Å². The van der Waals surface area contributed by atoms with E-state index in [2.05, 4.69) is 5.32 Å². The van der Waals surface area contributed by atoms with Gasteiger partial charge in [0.2, 0.25) is 5.91 Å². The highest BCUT2D eigenvalue weighted by Crippen LogP contribution is 2.25. The molecule has 0 bridgehead atoms. The highest BCUT2D eigenvalue weighted by molar-refractivity contribution is 7.92. The zero-order valence-corrected chi connectivity index (χ0v) is 16.7. The van der Waals surface area contributed by atoms with Crippen LogP contribution < -0.4 is 14.4 Å². The molecule has 3 aromatic carbocycles. The smallest absolute Gasteiger partial charge is 0.264 e. The van der Waals surface area contributed by atoms with E-state index in [0.717, 1.165) is 16.4 Å². The summed E-state index contributed by atoms with van der Waals surface area (Å²) in [6, 6.07) is 15.8. The molecule has 30 heavy (non-hydrogen) atoms. The lowest BCUT2D eigenvalue weighted by molar-refractivity contribution is -0.114. The van der Waals surface area contributed by atoms with Gasteiger partial charge in [-0.3, -0.25) is 9.10 Å². The number of benzene rings is 3. The molecule has 3 rings (SSSR count). The first-order chi connectivity index (χ1) is 14.3. The van der Waals surface area contributed by atoms with Crippen molar-refractivity contribution in [2.45, 2.75) is 4.90 Å². The van der Waals surface area contributed by atoms with Gasteiger partial charge in [0.1, 0.15) is 23.9 Å². The van der Waals surface area contributed by atoms with Crippen molar-refractivity contribution < 1.29 is 26.7 Å². The van der Waals surface area contributed by atoms with Gasteiger partial charge in [-0.1, -0.05) is 12.1 Å². The van der Waals surface area contributed by atoms with Crippen LogP contribution in [-0.4, -0.2) is 28.0 Å². The van der Waals surface area contributed by atoms with Crippen LogP contribution in [-0.2, 0) is 14.8 Å². The minimum Gasteiger partial charge on any atom is -0.497 e. The van der Waals surface area contributed by atoms with E-state index in [-0.39, 0.29) is 16.3 Å². The van der Waals surface area contributed by atoms with Crippen molar-refractivity contribution in [3.05, 3.63) is 84.4 Å². The van der Waals surface area contributed by atoms with E-state index in [1.807, 2.05) is 0 Å². The fraction of sp³-hybridized carbons (Fsp3) is 0.0952. The Bertz CT molecular complexity index is 1130. The molecule has 0 aliphatic rings. The number of sulfonamides is 1. The lowest BCUT2D eigenvalue weighted by atomic mass is 10.3. The van der Waals surface area contributed by atoms with Crippen LogP contribution >= 0.6 is 0 Å². The van der Waals surface area contributed by atoms with Crippen LogP contribution in [0, 0.1) is 11.6 Å². The standard InChI is InChI=1S/C21H18F2N2O4S/c1-29-17-10-12-18(13-11-17)30(27,28)25(16-8-6-15(22)7-9-16)14-21(26)24-20-5-3-2-4-19(20)23/h2-13H,14H2,1H3,(H,24,26). The van der Waals surface area contributed by atoms with Gasteiger partial charge in [0.05, 0.1) is 23.4 Å². The maximum Gasteiger partial charge on any atom is 0.264 e. The SMILES string of the molecule is COc1ccc(S(=O)(=O)N(CC(=O)Nc2ccccc2F)c2ccc(F)cc2)cc1. The summed E-state index contributed by atoms with van der Waals surface area (Å²) in [6.07, 6.45) is 0. The Hall–Kier alpha value is -3.46. The Balaban J connectivity index is 1.94. The number of rotatable bonds is 7. The molecule has 0 heterocycles. The molecule has 6 nitrogen and oxygen atoms in total. The van der Waals surface area contributed by atoms with Crippen molar-refractivity contribution >= 4 is 27.3 Å². The Morgan fingerprint density at radius 1 is 0.967 bits per heavy atom. The Morgan fingerprint density at radius 2 is 1.60 bits per heavy atom. The predicted molar refractivity (Wildman–Crippen MR) is 109 cm³/mol. The van der Waals surface area contributed by atoms with E-state index in [9.17, 15) is 22.0 Å². The monoisotopic (exact) mass is 432 g/mol. The van der Waals surface area contributed by atoms with Crippen molar-refractivity contribution in [3.63, 3.8) is 0 Å². The van der Waals surface area contributed by atoms with Gasteiger partial charge in [-0.15, -0.1) is 0 Å². The second-order valence-corrected chi connectivity index (χ2v) is 8.05. The molecule has 0 unspecified atom stereocenters. The molecule has 9 heteroatoms. The molecule has 1 N–H and O–H groups in total. The maximum atomic E-state index is 13.8. The number of nitrogens with zero attached hydrogens (tertiary/aromatic N) is 1. The van der Waals surface area contributed by atoms with Crippen LogP contribution in [0.25, 0.3) is 0 Å². The van der Waals surface area contributed by atoms with E-state index >= 15 is 0 Å². The van der Waals surface area contributed by atoms with Gasteiger partial charge in [0, 0.05) is 0 Å². The van der Waals surface area contributed by atoms with E-state index in [0.29, 0.717) is 5.75 Å². The summed E-state index contributed by atoms with van der Waals surface area (Å²) in [5, 5.41) is 2.35. The van der Waals surface area contributed by atoms with Crippen molar-refractivity contribution in [1.29, 1.82) is 0 Å². The van der Waals surface area contributed by atoms with Crippen LogP contribution in [0.1, 0.15) is 0 Å². The minimum absolute atomic E-state index is 0.0795. The molecular weight excluding hydrogens is 414 g/mol. The quantitative estimate of drug-likeness (QED) is 0.616.